The van der Waals surface area contributed by atoms with Gasteiger partial charge in [-0.3, -0.25) is 4.57 Å². The minimum Gasteiger partial charge on any atom is -0.439 e. The Kier molecular flexibility index (Phi) is 4.47. The van der Waals surface area contributed by atoms with E-state index in [1.807, 2.05) is 0 Å². The molecule has 0 aliphatic carbocycles. The highest BCUT2D eigenvalue weighted by Gasteiger charge is 2.20. The minimum absolute atomic E-state index is 0.0826. The summed E-state index contributed by atoms with van der Waals surface area (Å²) in [4.78, 5) is 3.99. The molecule has 90 valence electrons. The zero-order valence-corrected chi connectivity index (χ0v) is 10.6. The molecule has 0 bridgehead atoms. The van der Waals surface area contributed by atoms with Gasteiger partial charge in [-0.1, -0.05) is 13.5 Å². The van der Waals surface area contributed by atoms with Gasteiger partial charge in [-0.25, -0.2) is 4.98 Å². The first-order chi connectivity index (χ1) is 7.50. The van der Waals surface area contributed by atoms with Crippen molar-refractivity contribution in [3.63, 3.8) is 0 Å². The summed E-state index contributed by atoms with van der Waals surface area (Å²) in [6, 6.07) is 0. The molecule has 5 nitrogen and oxygen atoms in total. The summed E-state index contributed by atoms with van der Waals surface area (Å²) >= 11 is 0. The van der Waals surface area contributed by atoms with Crippen LogP contribution in [0.4, 0.5) is 0 Å². The van der Waals surface area contributed by atoms with Gasteiger partial charge in [-0.05, 0) is 6.92 Å². The number of hydrogen-bond acceptors (Lipinski definition) is 5. The molecule has 1 rings (SSSR count). The lowest BCUT2D eigenvalue weighted by Gasteiger charge is -2.12. The Bertz CT molecular complexity index is 405. The molecule has 16 heavy (non-hydrogen) atoms. The monoisotopic (exact) mass is 245 g/mol. The maximum Gasteiger partial charge on any atom is 0.330 e. The van der Waals surface area contributed by atoms with Gasteiger partial charge in [0, 0.05) is 18.8 Å². The van der Waals surface area contributed by atoms with E-state index in [9.17, 15) is 4.57 Å². The van der Waals surface area contributed by atoms with Gasteiger partial charge in [0.25, 0.3) is 0 Å². The molecular weight excluding hydrogens is 229 g/mol. The van der Waals surface area contributed by atoms with Crippen LogP contribution in [0.2, 0.25) is 0 Å². The molecular formula is C10H16NO4P. The van der Waals surface area contributed by atoms with E-state index in [4.69, 9.17) is 13.5 Å². The molecule has 1 atom stereocenters. The molecule has 0 saturated carbocycles. The maximum atomic E-state index is 11.7. The number of aromatic nitrogens is 1. The summed E-state index contributed by atoms with van der Waals surface area (Å²) in [5.74, 6) is 0.964. The summed E-state index contributed by atoms with van der Waals surface area (Å²) < 4.78 is 27.1. The molecule has 0 N–H and O–H groups in total. The van der Waals surface area contributed by atoms with Crippen molar-refractivity contribution in [1.82, 2.24) is 4.98 Å². The van der Waals surface area contributed by atoms with Crippen LogP contribution in [0.5, 0.6) is 0 Å². The Morgan fingerprint density at radius 3 is 2.81 bits per heavy atom. The van der Waals surface area contributed by atoms with Crippen molar-refractivity contribution >= 4 is 13.2 Å². The largest absolute Gasteiger partial charge is 0.439 e. The Hall–Kier alpha value is -0.900. The van der Waals surface area contributed by atoms with E-state index in [0.29, 0.717) is 17.8 Å². The molecule has 0 aliphatic rings. The van der Waals surface area contributed by atoms with Crippen LogP contribution >= 0.6 is 7.60 Å². The molecule has 6 heteroatoms. The quantitative estimate of drug-likeness (QED) is 0.720. The van der Waals surface area contributed by atoms with Gasteiger partial charge in [0.05, 0.1) is 6.20 Å². The molecule has 0 aromatic carbocycles. The second kappa shape index (κ2) is 5.43. The standard InChI is InChI=1S/C10H16NO4P/c1-5-16(12,13-4)14-7-9-6-11-10(15-9)8(2)3/h6H,2,5,7H2,1,3-4H3. The first-order valence-electron chi connectivity index (χ1n) is 4.90. The fourth-order valence-electron chi connectivity index (χ4n) is 1.01. The second-order valence-corrected chi connectivity index (χ2v) is 5.77. The zero-order valence-electron chi connectivity index (χ0n) is 9.73. The summed E-state index contributed by atoms with van der Waals surface area (Å²) in [6.07, 6.45) is 1.85. The Morgan fingerprint density at radius 2 is 2.38 bits per heavy atom. The average Bonchev–Trinajstić information content (AvgIpc) is 2.75. The summed E-state index contributed by atoms with van der Waals surface area (Å²) in [6.45, 7) is 7.32. The van der Waals surface area contributed by atoms with E-state index in [1.165, 1.54) is 13.3 Å². The van der Waals surface area contributed by atoms with Crippen molar-refractivity contribution < 1.29 is 18.0 Å². The van der Waals surface area contributed by atoms with E-state index in [2.05, 4.69) is 11.6 Å². The third kappa shape index (κ3) is 3.30. The van der Waals surface area contributed by atoms with Gasteiger partial charge < -0.3 is 13.5 Å². The lowest BCUT2D eigenvalue weighted by Crippen LogP contribution is -1.95. The molecule has 0 spiro atoms. The third-order valence-corrected chi connectivity index (χ3v) is 3.84. The normalized spacial score (nSPS) is 14.7. The molecule has 1 aromatic heterocycles. The predicted molar refractivity (Wildman–Crippen MR) is 61.2 cm³/mol. The highest BCUT2D eigenvalue weighted by molar-refractivity contribution is 7.53. The highest BCUT2D eigenvalue weighted by Crippen LogP contribution is 2.47. The number of nitrogens with zero attached hydrogens (tertiary/aromatic N) is 1. The van der Waals surface area contributed by atoms with Gasteiger partial charge >= 0.3 is 7.60 Å². The van der Waals surface area contributed by atoms with Crippen molar-refractivity contribution in [2.24, 2.45) is 0 Å². The van der Waals surface area contributed by atoms with Gasteiger partial charge in [-0.2, -0.15) is 0 Å². The van der Waals surface area contributed by atoms with Gasteiger partial charge in [0.1, 0.15) is 6.61 Å². The number of hydrogen-bond donors (Lipinski definition) is 0. The van der Waals surface area contributed by atoms with Crippen LogP contribution in [0.1, 0.15) is 25.5 Å². The van der Waals surface area contributed by atoms with Crippen LogP contribution in [0.15, 0.2) is 17.2 Å². The van der Waals surface area contributed by atoms with E-state index >= 15 is 0 Å². The molecule has 0 amide bonds. The van der Waals surface area contributed by atoms with Crippen LogP contribution < -0.4 is 0 Å². The lowest BCUT2D eigenvalue weighted by atomic mass is 10.4. The van der Waals surface area contributed by atoms with E-state index < -0.39 is 7.60 Å². The molecule has 0 radical (unpaired) electrons. The van der Waals surface area contributed by atoms with Crippen LogP contribution in [-0.4, -0.2) is 18.3 Å². The van der Waals surface area contributed by atoms with Crippen LogP contribution in [-0.2, 0) is 20.2 Å². The minimum atomic E-state index is -2.97. The molecule has 0 aliphatic heterocycles. The van der Waals surface area contributed by atoms with Crippen LogP contribution in [0, 0.1) is 0 Å². The molecule has 1 aromatic rings. The summed E-state index contributed by atoms with van der Waals surface area (Å²) in [5.41, 5.74) is 0.733. The predicted octanol–water partition coefficient (Wildman–Crippen LogP) is 3.08. The van der Waals surface area contributed by atoms with Crippen molar-refractivity contribution in [1.29, 1.82) is 0 Å². The zero-order chi connectivity index (χ0) is 12.2. The van der Waals surface area contributed by atoms with Gasteiger partial charge in [0.2, 0.25) is 5.89 Å². The van der Waals surface area contributed by atoms with E-state index in [-0.39, 0.29) is 6.61 Å². The molecule has 1 unspecified atom stereocenters. The van der Waals surface area contributed by atoms with E-state index in [0.717, 1.165) is 5.57 Å². The highest BCUT2D eigenvalue weighted by atomic mass is 31.2. The second-order valence-electron chi connectivity index (χ2n) is 3.30. The SMILES string of the molecule is C=C(C)c1ncc(COP(=O)(CC)OC)o1. The topological polar surface area (TPSA) is 61.6 Å². The maximum absolute atomic E-state index is 11.7. The fraction of sp³-hybridized carbons (Fsp3) is 0.500. The lowest BCUT2D eigenvalue weighted by molar-refractivity contribution is 0.209. The molecule has 0 fully saturated rings. The van der Waals surface area contributed by atoms with Crippen molar-refractivity contribution in [3.05, 3.63) is 24.4 Å². The van der Waals surface area contributed by atoms with Crippen LogP contribution in [0.25, 0.3) is 5.57 Å². The number of oxazole rings is 1. The first kappa shape index (κ1) is 13.2. The van der Waals surface area contributed by atoms with Crippen molar-refractivity contribution in [2.75, 3.05) is 13.3 Å². The Labute approximate surface area is 95.0 Å². The fourth-order valence-corrected chi connectivity index (χ4v) is 1.88. The third-order valence-electron chi connectivity index (χ3n) is 1.99. The Balaban J connectivity index is 2.61. The average molecular weight is 245 g/mol. The number of rotatable bonds is 6. The van der Waals surface area contributed by atoms with Crippen LogP contribution in [0.3, 0.4) is 0 Å². The summed E-state index contributed by atoms with van der Waals surface area (Å²) in [7, 11) is -1.61. The first-order valence-corrected chi connectivity index (χ1v) is 6.63. The smallest absolute Gasteiger partial charge is 0.330 e. The van der Waals surface area contributed by atoms with E-state index in [1.54, 1.807) is 13.8 Å². The van der Waals surface area contributed by atoms with Gasteiger partial charge in [0.15, 0.2) is 5.76 Å². The number of allylic oxidation sites excluding steroid dienone is 1. The molecule has 1 heterocycles. The van der Waals surface area contributed by atoms with Gasteiger partial charge in [-0.15, -0.1) is 0 Å². The van der Waals surface area contributed by atoms with Crippen molar-refractivity contribution in [3.8, 4) is 0 Å². The molecule has 0 saturated heterocycles. The summed E-state index contributed by atoms with van der Waals surface area (Å²) in [5, 5.41) is 0. The van der Waals surface area contributed by atoms with Crippen molar-refractivity contribution in [2.45, 2.75) is 20.5 Å². The Morgan fingerprint density at radius 1 is 1.69 bits per heavy atom.